The highest BCUT2D eigenvalue weighted by molar-refractivity contribution is 4.72. The second-order valence-corrected chi connectivity index (χ2v) is 3.73. The van der Waals surface area contributed by atoms with Gasteiger partial charge in [-0.2, -0.15) is 0 Å². The lowest BCUT2D eigenvalue weighted by Gasteiger charge is -2.34. The molecule has 0 amide bonds. The quantitative estimate of drug-likeness (QED) is 0.457. The molecule has 0 atom stereocenters. The summed E-state index contributed by atoms with van der Waals surface area (Å²) in [6.07, 6.45) is -1.20. The number of aliphatic hydroxyl groups is 2. The van der Waals surface area contributed by atoms with E-state index in [4.69, 9.17) is 10.2 Å². The lowest BCUT2D eigenvalue weighted by Crippen LogP contribution is -2.49. The van der Waals surface area contributed by atoms with Crippen LogP contribution in [0.15, 0.2) is 0 Å². The molecule has 1 fully saturated rings. The maximum atomic E-state index is 8.80. The molecule has 1 saturated heterocycles. The van der Waals surface area contributed by atoms with Crippen LogP contribution in [-0.2, 0) is 0 Å². The average Bonchev–Trinajstić information content (AvgIpc) is 2.16. The summed E-state index contributed by atoms with van der Waals surface area (Å²) in [5.74, 6) is 0. The van der Waals surface area contributed by atoms with Gasteiger partial charge in [0.25, 0.3) is 0 Å². The van der Waals surface area contributed by atoms with E-state index in [9.17, 15) is 0 Å². The molecule has 84 valence electrons. The van der Waals surface area contributed by atoms with Gasteiger partial charge in [0.05, 0.1) is 0 Å². The minimum atomic E-state index is -1.20. The maximum Gasteiger partial charge on any atom is 0.164 e. The van der Waals surface area contributed by atoms with Gasteiger partial charge >= 0.3 is 0 Å². The van der Waals surface area contributed by atoms with Crippen LogP contribution in [0.2, 0.25) is 0 Å². The molecule has 5 heteroatoms. The van der Waals surface area contributed by atoms with Crippen LogP contribution in [0.1, 0.15) is 0 Å². The molecule has 5 nitrogen and oxygen atoms in total. The predicted octanol–water partition coefficient (Wildman–Crippen LogP) is -1.87. The van der Waals surface area contributed by atoms with Crippen molar-refractivity contribution in [3.05, 3.63) is 0 Å². The molecule has 0 radical (unpaired) electrons. The van der Waals surface area contributed by atoms with Crippen LogP contribution in [0, 0.1) is 0 Å². The van der Waals surface area contributed by atoms with Crippen molar-refractivity contribution in [3.8, 4) is 0 Å². The van der Waals surface area contributed by atoms with Crippen LogP contribution in [-0.4, -0.2) is 79.2 Å². The number of aliphatic hydroxyl groups excluding tert-OH is 1. The van der Waals surface area contributed by atoms with Crippen LogP contribution in [0.25, 0.3) is 0 Å². The number of hydrogen-bond acceptors (Lipinski definition) is 5. The first-order valence-electron chi connectivity index (χ1n) is 5.18. The van der Waals surface area contributed by atoms with Crippen LogP contribution in [0.4, 0.5) is 0 Å². The van der Waals surface area contributed by atoms with Gasteiger partial charge in [0.1, 0.15) is 0 Å². The van der Waals surface area contributed by atoms with Crippen molar-refractivity contribution in [3.63, 3.8) is 0 Å². The minimum absolute atomic E-state index is 0.375. The molecule has 1 rings (SSSR count). The molecular formula is C9H21N3O2. The minimum Gasteiger partial charge on any atom is -0.367 e. The van der Waals surface area contributed by atoms with E-state index >= 15 is 0 Å². The molecule has 0 saturated carbocycles. The van der Waals surface area contributed by atoms with E-state index in [0.29, 0.717) is 6.54 Å². The third-order valence-electron chi connectivity index (χ3n) is 2.56. The molecule has 14 heavy (non-hydrogen) atoms. The van der Waals surface area contributed by atoms with E-state index in [0.717, 1.165) is 39.3 Å². The molecule has 0 unspecified atom stereocenters. The number of piperazine rings is 1. The first-order chi connectivity index (χ1) is 6.72. The second-order valence-electron chi connectivity index (χ2n) is 3.73. The molecule has 1 heterocycles. The molecule has 0 aromatic rings. The van der Waals surface area contributed by atoms with Gasteiger partial charge in [-0.3, -0.25) is 9.80 Å². The molecule has 1 aliphatic rings. The lowest BCUT2D eigenvalue weighted by atomic mass is 10.3. The molecule has 0 aromatic heterocycles. The van der Waals surface area contributed by atoms with E-state index in [1.807, 2.05) is 7.05 Å². The smallest absolute Gasteiger partial charge is 0.164 e. The van der Waals surface area contributed by atoms with E-state index in [2.05, 4.69) is 15.1 Å². The Hall–Kier alpha value is -0.200. The van der Waals surface area contributed by atoms with Crippen molar-refractivity contribution < 1.29 is 10.2 Å². The standard InChI is InChI=1S/C9H21N3O2/c1-10-2-3-11-4-6-12(7-5-11)8-9(13)14/h9-10,13-14H,2-8H2,1H3. The Morgan fingerprint density at radius 1 is 1.14 bits per heavy atom. The topological polar surface area (TPSA) is 59.0 Å². The van der Waals surface area contributed by atoms with Crippen molar-refractivity contribution in [1.82, 2.24) is 15.1 Å². The highest BCUT2D eigenvalue weighted by Gasteiger charge is 2.17. The zero-order valence-electron chi connectivity index (χ0n) is 8.82. The van der Waals surface area contributed by atoms with Crippen molar-refractivity contribution in [1.29, 1.82) is 0 Å². The van der Waals surface area contributed by atoms with Crippen LogP contribution < -0.4 is 5.32 Å². The van der Waals surface area contributed by atoms with Gasteiger partial charge in [-0.25, -0.2) is 0 Å². The highest BCUT2D eigenvalue weighted by atomic mass is 16.5. The molecule has 1 aliphatic heterocycles. The van der Waals surface area contributed by atoms with Gasteiger partial charge in [0.2, 0.25) is 0 Å². The summed E-state index contributed by atoms with van der Waals surface area (Å²) in [6.45, 7) is 6.37. The van der Waals surface area contributed by atoms with Crippen LogP contribution in [0.3, 0.4) is 0 Å². The third-order valence-corrected chi connectivity index (χ3v) is 2.56. The summed E-state index contributed by atoms with van der Waals surface area (Å²) in [5, 5.41) is 20.7. The van der Waals surface area contributed by atoms with E-state index in [1.165, 1.54) is 0 Å². The fraction of sp³-hybridized carbons (Fsp3) is 1.00. The van der Waals surface area contributed by atoms with Gasteiger partial charge in [-0.15, -0.1) is 0 Å². The largest absolute Gasteiger partial charge is 0.367 e. The second kappa shape index (κ2) is 6.31. The molecule has 0 bridgehead atoms. The fourth-order valence-electron chi connectivity index (χ4n) is 1.70. The van der Waals surface area contributed by atoms with E-state index < -0.39 is 6.29 Å². The Morgan fingerprint density at radius 2 is 1.71 bits per heavy atom. The molecule has 0 aromatic carbocycles. The third kappa shape index (κ3) is 4.34. The SMILES string of the molecule is CNCCN1CCN(CC(O)O)CC1. The number of rotatable bonds is 5. The number of hydrogen-bond donors (Lipinski definition) is 3. The molecule has 0 aliphatic carbocycles. The van der Waals surface area contributed by atoms with Crippen LogP contribution in [0.5, 0.6) is 0 Å². The summed E-state index contributed by atoms with van der Waals surface area (Å²) in [6, 6.07) is 0. The molecule has 0 spiro atoms. The summed E-state index contributed by atoms with van der Waals surface area (Å²) in [5.41, 5.74) is 0. The van der Waals surface area contributed by atoms with E-state index in [1.54, 1.807) is 0 Å². The number of nitrogens with zero attached hydrogens (tertiary/aromatic N) is 2. The maximum absolute atomic E-state index is 8.80. The zero-order valence-corrected chi connectivity index (χ0v) is 8.82. The number of β-amino-alcohol motifs (C(OH)–C–C–N with tert-alkyl or cyclic N) is 2. The van der Waals surface area contributed by atoms with Gasteiger partial charge in [-0.1, -0.05) is 0 Å². The molecule has 3 N–H and O–H groups in total. The Bertz CT molecular complexity index is 147. The van der Waals surface area contributed by atoms with Crippen molar-refractivity contribution >= 4 is 0 Å². The van der Waals surface area contributed by atoms with Gasteiger partial charge in [0.15, 0.2) is 6.29 Å². The summed E-state index contributed by atoms with van der Waals surface area (Å²) < 4.78 is 0. The summed E-state index contributed by atoms with van der Waals surface area (Å²) in [7, 11) is 1.96. The van der Waals surface area contributed by atoms with E-state index in [-0.39, 0.29) is 0 Å². The number of likely N-dealkylation sites (N-methyl/N-ethyl adjacent to an activating group) is 1. The first kappa shape index (κ1) is 11.9. The monoisotopic (exact) mass is 203 g/mol. The summed E-state index contributed by atoms with van der Waals surface area (Å²) >= 11 is 0. The van der Waals surface area contributed by atoms with Crippen LogP contribution >= 0.6 is 0 Å². The fourth-order valence-corrected chi connectivity index (χ4v) is 1.70. The Kier molecular flexibility index (Phi) is 5.36. The highest BCUT2D eigenvalue weighted by Crippen LogP contribution is 2.01. The lowest BCUT2D eigenvalue weighted by molar-refractivity contribution is -0.0670. The predicted molar refractivity (Wildman–Crippen MR) is 55.0 cm³/mol. The van der Waals surface area contributed by atoms with Gasteiger partial charge in [0, 0.05) is 45.8 Å². The van der Waals surface area contributed by atoms with Crippen molar-refractivity contribution in [2.24, 2.45) is 0 Å². The normalized spacial score (nSPS) is 20.6. The van der Waals surface area contributed by atoms with Gasteiger partial charge < -0.3 is 15.5 Å². The zero-order chi connectivity index (χ0) is 10.4. The van der Waals surface area contributed by atoms with Crippen molar-refractivity contribution in [2.75, 3.05) is 52.9 Å². The average molecular weight is 203 g/mol. The first-order valence-corrected chi connectivity index (χ1v) is 5.18. The van der Waals surface area contributed by atoms with Gasteiger partial charge in [-0.05, 0) is 7.05 Å². The molecular weight excluding hydrogens is 182 g/mol. The Balaban J connectivity index is 2.11. The van der Waals surface area contributed by atoms with Crippen molar-refractivity contribution in [2.45, 2.75) is 6.29 Å². The summed E-state index contributed by atoms with van der Waals surface area (Å²) in [4.78, 5) is 4.47. The number of nitrogens with one attached hydrogen (secondary N) is 1. The Morgan fingerprint density at radius 3 is 2.21 bits per heavy atom. The Labute approximate surface area is 85.3 Å².